The van der Waals surface area contributed by atoms with Crippen LogP contribution in [-0.4, -0.2) is 41.0 Å². The first kappa shape index (κ1) is 29.0. The van der Waals surface area contributed by atoms with Crippen LogP contribution in [0.25, 0.3) is 33.4 Å². The van der Waals surface area contributed by atoms with Gasteiger partial charge in [-0.3, -0.25) is 0 Å². The van der Waals surface area contributed by atoms with Gasteiger partial charge in [0.2, 0.25) is 5.82 Å². The predicted octanol–water partition coefficient (Wildman–Crippen LogP) is 7.33. The minimum Gasteiger partial charge on any atom is -0.478 e. The molecule has 0 radical (unpaired) electrons. The number of hydrogen-bond donors (Lipinski definition) is 2. The van der Waals surface area contributed by atoms with Crippen molar-refractivity contribution in [1.82, 2.24) is 24.8 Å². The van der Waals surface area contributed by atoms with Gasteiger partial charge in [0, 0.05) is 23.0 Å². The third-order valence-corrected chi connectivity index (χ3v) is 8.32. The van der Waals surface area contributed by atoms with Crippen molar-refractivity contribution in [3.05, 3.63) is 126 Å². The van der Waals surface area contributed by atoms with Crippen molar-refractivity contribution >= 4 is 16.9 Å². The maximum Gasteiger partial charge on any atom is 0.338 e. The second-order valence-electron chi connectivity index (χ2n) is 11.5. The van der Waals surface area contributed by atoms with Crippen molar-refractivity contribution in [2.24, 2.45) is 0 Å². The number of aromatic nitrogens is 5. The van der Waals surface area contributed by atoms with Crippen LogP contribution in [0.15, 0.2) is 103 Å². The molecule has 0 bridgehead atoms. The largest absolute Gasteiger partial charge is 0.478 e. The lowest BCUT2D eigenvalue weighted by molar-refractivity contribution is 0.0692. The average molecular weight is 586 g/mol. The number of aliphatic hydroxyl groups excluding tert-OH is 1. The predicted molar refractivity (Wildman–Crippen MR) is 171 cm³/mol. The Labute approximate surface area is 256 Å². The van der Waals surface area contributed by atoms with E-state index in [0.29, 0.717) is 29.0 Å². The molecule has 222 valence electrons. The van der Waals surface area contributed by atoms with Gasteiger partial charge in [-0.15, -0.1) is 10.2 Å². The molecule has 6 aromatic rings. The molecule has 2 N–H and O–H groups in total. The normalized spacial score (nSPS) is 12.5. The number of carboxylic acid groups (broad SMARTS) is 1. The number of carboxylic acids is 1. The highest BCUT2D eigenvalue weighted by molar-refractivity contribution is 6.05. The summed E-state index contributed by atoms with van der Waals surface area (Å²) in [4.78, 5) is 14.1. The summed E-state index contributed by atoms with van der Waals surface area (Å²) < 4.78 is 1.96. The van der Waals surface area contributed by atoms with Crippen LogP contribution in [-0.2, 0) is 12.1 Å². The molecule has 0 aliphatic carbocycles. The van der Waals surface area contributed by atoms with Gasteiger partial charge < -0.3 is 14.8 Å². The molecule has 0 aliphatic heterocycles. The van der Waals surface area contributed by atoms with Crippen molar-refractivity contribution in [3.8, 4) is 22.5 Å². The van der Waals surface area contributed by atoms with Gasteiger partial charge in [0.1, 0.15) is 11.6 Å². The van der Waals surface area contributed by atoms with Crippen LogP contribution < -0.4 is 0 Å². The molecule has 8 nitrogen and oxygen atoms in total. The standard InChI is InChI=1S/C36H35N5O3/c1-4-5-23-40-30-18-12-11-17-29(30)31(35(43)44)32(40)33(42)25-21-19-24(20-22-25)27-15-9-10-16-28(27)34-37-39-41(38-34)36(2,3)26-13-7-6-8-14-26/h6-22,33,42H,4-5,23H2,1-3H3,(H,43,44). The summed E-state index contributed by atoms with van der Waals surface area (Å²) in [5, 5.41) is 36.1. The van der Waals surface area contributed by atoms with Gasteiger partial charge in [0.25, 0.3) is 0 Å². The monoisotopic (exact) mass is 585 g/mol. The summed E-state index contributed by atoms with van der Waals surface area (Å²) in [6.45, 7) is 6.83. The SMILES string of the molecule is CCCCn1c(C(O)c2ccc(-c3ccccc3-c3nnn(C(C)(C)c4ccccc4)n3)cc2)c(C(=O)O)c2ccccc21. The van der Waals surface area contributed by atoms with E-state index in [1.807, 2.05) is 95.6 Å². The first-order chi connectivity index (χ1) is 21.3. The second kappa shape index (κ2) is 11.9. The fraction of sp³-hybridized carbons (Fsp3) is 0.222. The topological polar surface area (TPSA) is 106 Å². The number of aromatic carboxylic acids is 1. The Morgan fingerprint density at radius 3 is 2.23 bits per heavy atom. The van der Waals surface area contributed by atoms with E-state index >= 15 is 0 Å². The number of carbonyl (C=O) groups is 1. The zero-order valence-corrected chi connectivity index (χ0v) is 25.1. The third kappa shape index (κ3) is 5.18. The number of nitrogens with zero attached hydrogens (tertiary/aromatic N) is 5. The number of tetrazole rings is 1. The van der Waals surface area contributed by atoms with Gasteiger partial charge in [0.05, 0.1) is 11.3 Å². The molecule has 1 atom stereocenters. The van der Waals surface area contributed by atoms with Crippen molar-refractivity contribution in [2.75, 3.05) is 0 Å². The number of hydrogen-bond acceptors (Lipinski definition) is 5. The van der Waals surface area contributed by atoms with E-state index in [0.717, 1.165) is 40.6 Å². The molecule has 1 unspecified atom stereocenters. The van der Waals surface area contributed by atoms with Gasteiger partial charge in [-0.05, 0) is 53.8 Å². The summed E-state index contributed by atoms with van der Waals surface area (Å²) in [7, 11) is 0. The minimum atomic E-state index is -1.11. The number of para-hydroxylation sites is 1. The van der Waals surface area contributed by atoms with Crippen molar-refractivity contribution in [2.45, 2.75) is 51.8 Å². The smallest absolute Gasteiger partial charge is 0.338 e. The number of fused-ring (bicyclic) bond motifs is 1. The molecule has 0 aliphatic rings. The highest BCUT2D eigenvalue weighted by Crippen LogP contribution is 2.36. The molecule has 0 spiro atoms. The van der Waals surface area contributed by atoms with Crippen molar-refractivity contribution < 1.29 is 15.0 Å². The summed E-state index contributed by atoms with van der Waals surface area (Å²) in [6, 6.07) is 33.0. The van der Waals surface area contributed by atoms with Gasteiger partial charge in [0.15, 0.2) is 0 Å². The Kier molecular flexibility index (Phi) is 7.84. The first-order valence-corrected chi connectivity index (χ1v) is 14.9. The summed E-state index contributed by atoms with van der Waals surface area (Å²) >= 11 is 0. The molecule has 0 saturated heterocycles. The molecular formula is C36H35N5O3. The zero-order chi connectivity index (χ0) is 30.8. The van der Waals surface area contributed by atoms with Crippen LogP contribution >= 0.6 is 0 Å². The van der Waals surface area contributed by atoms with E-state index < -0.39 is 17.6 Å². The van der Waals surface area contributed by atoms with Crippen LogP contribution in [0.4, 0.5) is 0 Å². The maximum absolute atomic E-state index is 12.5. The first-order valence-electron chi connectivity index (χ1n) is 14.9. The van der Waals surface area contributed by atoms with E-state index in [4.69, 9.17) is 5.10 Å². The second-order valence-corrected chi connectivity index (χ2v) is 11.5. The van der Waals surface area contributed by atoms with E-state index in [-0.39, 0.29) is 5.56 Å². The number of aryl methyl sites for hydroxylation is 1. The fourth-order valence-electron chi connectivity index (χ4n) is 5.84. The van der Waals surface area contributed by atoms with Crippen LogP contribution in [0.2, 0.25) is 0 Å². The number of unbranched alkanes of at least 4 members (excludes halogenated alkanes) is 1. The Morgan fingerprint density at radius 1 is 0.864 bits per heavy atom. The van der Waals surface area contributed by atoms with Crippen molar-refractivity contribution in [1.29, 1.82) is 0 Å². The number of benzene rings is 4. The lowest BCUT2D eigenvalue weighted by Gasteiger charge is -2.23. The highest BCUT2D eigenvalue weighted by Gasteiger charge is 2.29. The number of aliphatic hydroxyl groups is 1. The molecule has 0 amide bonds. The molecule has 0 saturated carbocycles. The Bertz CT molecular complexity index is 1920. The van der Waals surface area contributed by atoms with Gasteiger partial charge in [-0.2, -0.15) is 4.80 Å². The number of rotatable bonds is 10. The van der Waals surface area contributed by atoms with Crippen LogP contribution in [0.3, 0.4) is 0 Å². The van der Waals surface area contributed by atoms with E-state index in [2.05, 4.69) is 43.2 Å². The zero-order valence-electron chi connectivity index (χ0n) is 25.1. The Balaban J connectivity index is 1.35. The molecule has 4 aromatic carbocycles. The summed E-state index contributed by atoms with van der Waals surface area (Å²) in [6.07, 6.45) is 0.704. The molecule has 0 fully saturated rings. The minimum absolute atomic E-state index is 0.145. The highest BCUT2D eigenvalue weighted by atomic mass is 16.4. The molecule has 2 heterocycles. The van der Waals surface area contributed by atoms with E-state index in [1.54, 1.807) is 4.80 Å². The van der Waals surface area contributed by atoms with Gasteiger partial charge >= 0.3 is 5.97 Å². The third-order valence-electron chi connectivity index (χ3n) is 8.32. The lowest BCUT2D eigenvalue weighted by atomic mass is 9.95. The van der Waals surface area contributed by atoms with Crippen molar-refractivity contribution in [3.63, 3.8) is 0 Å². The summed E-state index contributed by atoms with van der Waals surface area (Å²) in [5.74, 6) is -0.535. The van der Waals surface area contributed by atoms with Gasteiger partial charge in [-0.1, -0.05) is 110 Å². The lowest BCUT2D eigenvalue weighted by Crippen LogP contribution is -2.30. The Morgan fingerprint density at radius 2 is 1.52 bits per heavy atom. The van der Waals surface area contributed by atoms with Crippen LogP contribution in [0.5, 0.6) is 0 Å². The molecule has 2 aromatic heterocycles. The van der Waals surface area contributed by atoms with E-state index in [1.165, 1.54) is 0 Å². The Hall–Kier alpha value is -5.08. The summed E-state index contributed by atoms with van der Waals surface area (Å²) in [5.41, 5.74) is 5.24. The fourth-order valence-corrected chi connectivity index (χ4v) is 5.84. The molecule has 44 heavy (non-hydrogen) atoms. The van der Waals surface area contributed by atoms with Crippen LogP contribution in [0.1, 0.15) is 66.9 Å². The van der Waals surface area contributed by atoms with E-state index in [9.17, 15) is 15.0 Å². The van der Waals surface area contributed by atoms with Gasteiger partial charge in [-0.25, -0.2) is 4.79 Å². The maximum atomic E-state index is 12.5. The average Bonchev–Trinajstić information content (AvgIpc) is 3.68. The molecule has 8 heteroatoms. The molecule has 6 rings (SSSR count). The van der Waals surface area contributed by atoms with Crippen LogP contribution in [0, 0.1) is 0 Å². The molecular weight excluding hydrogens is 550 g/mol. The quantitative estimate of drug-likeness (QED) is 0.174.